The second-order valence-corrected chi connectivity index (χ2v) is 6.11. The minimum Gasteiger partial charge on any atom is -0.326 e. The monoisotopic (exact) mass is 374 g/mol. The molecule has 120 valence electrons. The van der Waals surface area contributed by atoms with Crippen molar-refractivity contribution in [3.8, 4) is 0 Å². The van der Waals surface area contributed by atoms with Crippen LogP contribution in [0.4, 0.5) is 11.4 Å². The van der Waals surface area contributed by atoms with E-state index in [1.165, 1.54) is 0 Å². The first-order valence-corrected chi connectivity index (χ1v) is 8.34. The molecule has 2 N–H and O–H groups in total. The van der Waals surface area contributed by atoms with E-state index in [-0.39, 0.29) is 11.8 Å². The van der Waals surface area contributed by atoms with Gasteiger partial charge in [-0.15, -0.1) is 0 Å². The van der Waals surface area contributed by atoms with Crippen LogP contribution in [0.3, 0.4) is 0 Å². The van der Waals surface area contributed by atoms with Gasteiger partial charge < -0.3 is 10.6 Å². The largest absolute Gasteiger partial charge is 0.326 e. The van der Waals surface area contributed by atoms with Crippen molar-refractivity contribution in [3.63, 3.8) is 0 Å². The third-order valence-electron chi connectivity index (χ3n) is 3.27. The van der Waals surface area contributed by atoms with E-state index in [2.05, 4.69) is 26.6 Å². The second kappa shape index (κ2) is 8.48. The van der Waals surface area contributed by atoms with Crippen LogP contribution >= 0.6 is 15.9 Å². The summed E-state index contributed by atoms with van der Waals surface area (Å²) in [6.45, 7) is 2.05. The van der Waals surface area contributed by atoms with E-state index in [0.29, 0.717) is 17.7 Å². The quantitative estimate of drug-likeness (QED) is 0.760. The lowest BCUT2D eigenvalue weighted by Crippen LogP contribution is -2.13. The molecule has 23 heavy (non-hydrogen) atoms. The van der Waals surface area contributed by atoms with E-state index < -0.39 is 0 Å². The van der Waals surface area contributed by atoms with Gasteiger partial charge in [-0.2, -0.15) is 0 Å². The fourth-order valence-corrected chi connectivity index (χ4v) is 2.43. The minimum atomic E-state index is -0.188. The summed E-state index contributed by atoms with van der Waals surface area (Å²) < 4.78 is 0.903. The van der Waals surface area contributed by atoms with Crippen LogP contribution in [0, 0.1) is 0 Å². The van der Waals surface area contributed by atoms with Gasteiger partial charge in [0.05, 0.1) is 0 Å². The van der Waals surface area contributed by atoms with Crippen molar-refractivity contribution in [2.45, 2.75) is 26.2 Å². The Hall–Kier alpha value is -2.14. The van der Waals surface area contributed by atoms with E-state index in [0.717, 1.165) is 23.0 Å². The maximum atomic E-state index is 12.2. The maximum absolute atomic E-state index is 12.2. The molecule has 2 amide bonds. The van der Waals surface area contributed by atoms with Crippen LogP contribution in [-0.4, -0.2) is 11.8 Å². The van der Waals surface area contributed by atoms with Crippen molar-refractivity contribution in [2.24, 2.45) is 0 Å². The molecule has 0 aliphatic carbocycles. The summed E-state index contributed by atoms with van der Waals surface area (Å²) in [5.74, 6) is -0.190. The van der Waals surface area contributed by atoms with Crippen LogP contribution in [0.25, 0.3) is 0 Å². The van der Waals surface area contributed by atoms with Gasteiger partial charge in [-0.3, -0.25) is 9.59 Å². The minimum absolute atomic E-state index is 0.00168. The lowest BCUT2D eigenvalue weighted by atomic mass is 10.1. The molecule has 0 unspecified atom stereocenters. The molecule has 0 fully saturated rings. The first kappa shape index (κ1) is 17.2. The molecule has 0 aliphatic rings. The summed E-state index contributed by atoms with van der Waals surface area (Å²) in [4.78, 5) is 23.9. The number of halogens is 1. The van der Waals surface area contributed by atoms with E-state index in [1.54, 1.807) is 24.3 Å². The Morgan fingerprint density at radius 2 is 1.74 bits per heavy atom. The summed E-state index contributed by atoms with van der Waals surface area (Å²) in [6.07, 6.45) is 2.38. The molecule has 4 nitrogen and oxygen atoms in total. The van der Waals surface area contributed by atoms with Gasteiger partial charge in [0, 0.05) is 27.8 Å². The zero-order chi connectivity index (χ0) is 16.7. The van der Waals surface area contributed by atoms with Gasteiger partial charge >= 0.3 is 0 Å². The zero-order valence-electron chi connectivity index (χ0n) is 12.9. The molecule has 5 heteroatoms. The van der Waals surface area contributed by atoms with Crippen LogP contribution in [0.15, 0.2) is 53.0 Å². The van der Waals surface area contributed by atoms with Crippen molar-refractivity contribution in [1.82, 2.24) is 0 Å². The molecule has 0 aliphatic heterocycles. The highest BCUT2D eigenvalue weighted by Gasteiger charge is 2.07. The van der Waals surface area contributed by atoms with Gasteiger partial charge in [-0.1, -0.05) is 35.3 Å². The van der Waals surface area contributed by atoms with Crippen LogP contribution in [0.2, 0.25) is 0 Å². The van der Waals surface area contributed by atoms with Gasteiger partial charge in [0.15, 0.2) is 0 Å². The Bertz CT molecular complexity index is 684. The van der Waals surface area contributed by atoms with Gasteiger partial charge in [0.2, 0.25) is 5.91 Å². The number of amides is 2. The molecular formula is C18H19BrN2O2. The van der Waals surface area contributed by atoms with Gasteiger partial charge in [-0.25, -0.2) is 0 Å². The smallest absolute Gasteiger partial charge is 0.255 e. The van der Waals surface area contributed by atoms with Crippen LogP contribution in [0.5, 0.6) is 0 Å². The van der Waals surface area contributed by atoms with E-state index >= 15 is 0 Å². The predicted molar refractivity (Wildman–Crippen MR) is 96.7 cm³/mol. The standard InChI is InChI=1S/C18H19BrN2O2/c1-2-3-7-17(22)20-15-10-8-13(9-11-15)18(23)21-16-6-4-5-14(19)12-16/h4-6,8-12H,2-3,7H2,1H3,(H,20,22)(H,21,23). The lowest BCUT2D eigenvalue weighted by Gasteiger charge is -2.08. The Balaban J connectivity index is 1.96. The van der Waals surface area contributed by atoms with Gasteiger partial charge in [0.25, 0.3) is 5.91 Å². The number of hydrogen-bond donors (Lipinski definition) is 2. The average molecular weight is 375 g/mol. The number of unbranched alkanes of at least 4 members (excludes halogenated alkanes) is 1. The summed E-state index contributed by atoms with van der Waals surface area (Å²) in [5, 5.41) is 5.65. The molecule has 2 rings (SSSR count). The molecule has 0 saturated heterocycles. The number of nitrogens with one attached hydrogen (secondary N) is 2. The van der Waals surface area contributed by atoms with Crippen molar-refractivity contribution in [2.75, 3.05) is 10.6 Å². The van der Waals surface area contributed by atoms with Crippen molar-refractivity contribution in [3.05, 3.63) is 58.6 Å². The Labute approximate surface area is 144 Å². The zero-order valence-corrected chi connectivity index (χ0v) is 14.5. The molecule has 0 spiro atoms. The molecule has 0 aromatic heterocycles. The SMILES string of the molecule is CCCCC(=O)Nc1ccc(C(=O)Nc2cccc(Br)c2)cc1. The highest BCUT2D eigenvalue weighted by molar-refractivity contribution is 9.10. The number of rotatable bonds is 6. The number of benzene rings is 2. The molecule has 0 heterocycles. The van der Waals surface area contributed by atoms with Crippen LogP contribution in [0.1, 0.15) is 36.5 Å². The normalized spacial score (nSPS) is 10.2. The summed E-state index contributed by atoms with van der Waals surface area (Å²) >= 11 is 3.37. The summed E-state index contributed by atoms with van der Waals surface area (Å²) in [7, 11) is 0. The molecule has 0 saturated carbocycles. The molecule has 0 bridgehead atoms. The van der Waals surface area contributed by atoms with E-state index in [1.807, 2.05) is 31.2 Å². The highest BCUT2D eigenvalue weighted by atomic mass is 79.9. The van der Waals surface area contributed by atoms with Gasteiger partial charge in [-0.05, 0) is 48.9 Å². The molecule has 0 atom stereocenters. The lowest BCUT2D eigenvalue weighted by molar-refractivity contribution is -0.116. The maximum Gasteiger partial charge on any atom is 0.255 e. The van der Waals surface area contributed by atoms with E-state index in [4.69, 9.17) is 0 Å². The van der Waals surface area contributed by atoms with Gasteiger partial charge in [0.1, 0.15) is 0 Å². The molecule has 2 aromatic carbocycles. The summed E-state index contributed by atoms with van der Waals surface area (Å²) in [6, 6.07) is 14.3. The Kier molecular flexibility index (Phi) is 6.35. The number of anilines is 2. The van der Waals surface area contributed by atoms with Crippen molar-refractivity contribution >= 4 is 39.1 Å². The Morgan fingerprint density at radius 1 is 1.00 bits per heavy atom. The number of carbonyl (C=O) groups is 2. The van der Waals surface area contributed by atoms with Crippen molar-refractivity contribution in [1.29, 1.82) is 0 Å². The first-order valence-electron chi connectivity index (χ1n) is 7.55. The van der Waals surface area contributed by atoms with Crippen LogP contribution < -0.4 is 10.6 Å². The van der Waals surface area contributed by atoms with Crippen LogP contribution in [-0.2, 0) is 4.79 Å². The topological polar surface area (TPSA) is 58.2 Å². The van der Waals surface area contributed by atoms with E-state index in [9.17, 15) is 9.59 Å². The molecular weight excluding hydrogens is 356 g/mol. The molecule has 0 radical (unpaired) electrons. The van der Waals surface area contributed by atoms with Crippen molar-refractivity contribution < 1.29 is 9.59 Å². The average Bonchev–Trinajstić information content (AvgIpc) is 2.53. The second-order valence-electron chi connectivity index (χ2n) is 5.19. The number of hydrogen-bond acceptors (Lipinski definition) is 2. The summed E-state index contributed by atoms with van der Waals surface area (Å²) in [5.41, 5.74) is 1.96. The highest BCUT2D eigenvalue weighted by Crippen LogP contribution is 2.17. The first-order chi connectivity index (χ1) is 11.1. The fourth-order valence-electron chi connectivity index (χ4n) is 2.04. The Morgan fingerprint density at radius 3 is 2.39 bits per heavy atom. The molecule has 2 aromatic rings. The fraction of sp³-hybridized carbons (Fsp3) is 0.222. The number of carbonyl (C=O) groups excluding carboxylic acids is 2. The predicted octanol–water partition coefficient (Wildman–Crippen LogP) is 4.83. The third-order valence-corrected chi connectivity index (χ3v) is 3.76. The third kappa shape index (κ3) is 5.53.